The summed E-state index contributed by atoms with van der Waals surface area (Å²) in [6.07, 6.45) is 1.97. The third-order valence-corrected chi connectivity index (χ3v) is 4.04. The molecule has 0 aliphatic carbocycles. The van der Waals surface area contributed by atoms with Crippen LogP contribution in [0.15, 0.2) is 50.8 Å². The van der Waals surface area contributed by atoms with Crippen molar-refractivity contribution in [3.05, 3.63) is 40.9 Å². The number of rotatable bonds is 3. The van der Waals surface area contributed by atoms with Crippen molar-refractivity contribution in [2.24, 2.45) is 4.99 Å². The molecule has 0 saturated heterocycles. The monoisotopic (exact) mass is 266 g/mol. The Balaban J connectivity index is 2.12. The highest BCUT2D eigenvalue weighted by Gasteiger charge is 2.14. The van der Waals surface area contributed by atoms with E-state index in [4.69, 9.17) is 0 Å². The van der Waals surface area contributed by atoms with Crippen LogP contribution < -0.4 is 5.32 Å². The van der Waals surface area contributed by atoms with Crippen LogP contribution in [0.1, 0.15) is 0 Å². The molecule has 0 unspecified atom stereocenters. The van der Waals surface area contributed by atoms with E-state index in [2.05, 4.69) is 22.4 Å². The van der Waals surface area contributed by atoms with Gasteiger partial charge in [-0.05, 0) is 18.4 Å². The SMILES string of the molecule is CSC1=NCC(Sc2ccccc2)=C(CO)N1. The third kappa shape index (κ3) is 3.28. The summed E-state index contributed by atoms with van der Waals surface area (Å²) in [5, 5.41) is 13.4. The zero-order valence-corrected chi connectivity index (χ0v) is 11.1. The summed E-state index contributed by atoms with van der Waals surface area (Å²) in [6.45, 7) is 0.660. The van der Waals surface area contributed by atoms with Crippen LogP contribution >= 0.6 is 23.5 Å². The molecule has 0 spiro atoms. The van der Waals surface area contributed by atoms with Crippen molar-refractivity contribution >= 4 is 28.7 Å². The van der Waals surface area contributed by atoms with Crippen molar-refractivity contribution in [3.63, 3.8) is 0 Å². The van der Waals surface area contributed by atoms with Crippen LogP contribution in [-0.2, 0) is 0 Å². The van der Waals surface area contributed by atoms with E-state index in [0.717, 1.165) is 20.7 Å². The lowest BCUT2D eigenvalue weighted by atomic mass is 10.4. The number of hydrogen-bond donors (Lipinski definition) is 2. The number of aliphatic imine (C=N–C) groups is 1. The van der Waals surface area contributed by atoms with Crippen molar-refractivity contribution in [3.8, 4) is 0 Å². The molecule has 5 heteroatoms. The second-order valence-corrected chi connectivity index (χ2v) is 5.39. The van der Waals surface area contributed by atoms with Crippen LogP contribution in [0.3, 0.4) is 0 Å². The molecule has 0 bridgehead atoms. The average molecular weight is 266 g/mol. The molecule has 90 valence electrons. The summed E-state index contributed by atoms with van der Waals surface area (Å²) < 4.78 is 0. The minimum Gasteiger partial charge on any atom is -0.390 e. The van der Waals surface area contributed by atoms with Crippen molar-refractivity contribution in [2.45, 2.75) is 4.90 Å². The molecule has 1 aromatic rings. The van der Waals surface area contributed by atoms with Crippen LogP contribution in [0.25, 0.3) is 0 Å². The lowest BCUT2D eigenvalue weighted by molar-refractivity contribution is 0.325. The van der Waals surface area contributed by atoms with Gasteiger partial charge in [0.05, 0.1) is 18.8 Å². The van der Waals surface area contributed by atoms with E-state index in [1.165, 1.54) is 0 Å². The summed E-state index contributed by atoms with van der Waals surface area (Å²) in [7, 11) is 0. The second kappa shape index (κ2) is 6.14. The van der Waals surface area contributed by atoms with Gasteiger partial charge in [0.2, 0.25) is 0 Å². The summed E-state index contributed by atoms with van der Waals surface area (Å²) in [4.78, 5) is 6.65. The predicted octanol–water partition coefficient (Wildman–Crippen LogP) is 2.30. The minimum atomic E-state index is 0.0226. The van der Waals surface area contributed by atoms with Gasteiger partial charge < -0.3 is 10.4 Å². The molecule has 0 aromatic heterocycles. The molecule has 3 nitrogen and oxygen atoms in total. The fourth-order valence-corrected chi connectivity index (χ4v) is 2.81. The van der Waals surface area contributed by atoms with Gasteiger partial charge in [0.25, 0.3) is 0 Å². The summed E-state index contributed by atoms with van der Waals surface area (Å²) >= 11 is 3.21. The molecule has 1 heterocycles. The summed E-state index contributed by atoms with van der Waals surface area (Å²) in [6, 6.07) is 10.1. The Hall–Kier alpha value is -0.910. The maximum atomic E-state index is 9.35. The number of aliphatic hydroxyl groups excluding tert-OH is 1. The molecular formula is C12H14N2OS2. The third-order valence-electron chi connectivity index (χ3n) is 2.30. The van der Waals surface area contributed by atoms with Crippen LogP contribution in [0.5, 0.6) is 0 Å². The Bertz CT molecular complexity index is 443. The van der Waals surface area contributed by atoms with Crippen molar-refractivity contribution < 1.29 is 5.11 Å². The zero-order chi connectivity index (χ0) is 12.1. The molecule has 1 aliphatic heterocycles. The summed E-state index contributed by atoms with van der Waals surface area (Å²) in [5.74, 6) is 0. The van der Waals surface area contributed by atoms with E-state index in [9.17, 15) is 5.11 Å². The van der Waals surface area contributed by atoms with Gasteiger partial charge in [0.1, 0.15) is 0 Å². The van der Waals surface area contributed by atoms with Gasteiger partial charge in [0, 0.05) is 9.80 Å². The van der Waals surface area contributed by atoms with Gasteiger partial charge in [-0.2, -0.15) is 0 Å². The number of thioether (sulfide) groups is 2. The first-order valence-electron chi connectivity index (χ1n) is 5.24. The lowest BCUT2D eigenvalue weighted by Crippen LogP contribution is -2.27. The number of nitrogens with zero attached hydrogens (tertiary/aromatic N) is 1. The Morgan fingerprint density at radius 3 is 2.76 bits per heavy atom. The number of benzene rings is 1. The maximum Gasteiger partial charge on any atom is 0.160 e. The quantitative estimate of drug-likeness (QED) is 0.881. The maximum absolute atomic E-state index is 9.35. The van der Waals surface area contributed by atoms with Gasteiger partial charge >= 0.3 is 0 Å². The van der Waals surface area contributed by atoms with Crippen molar-refractivity contribution in [1.82, 2.24) is 5.32 Å². The summed E-state index contributed by atoms with van der Waals surface area (Å²) in [5.41, 5.74) is 0.859. The van der Waals surface area contributed by atoms with Crippen LogP contribution in [0, 0.1) is 0 Å². The highest BCUT2D eigenvalue weighted by atomic mass is 32.2. The molecule has 2 N–H and O–H groups in total. The number of hydrogen-bond acceptors (Lipinski definition) is 5. The zero-order valence-electron chi connectivity index (χ0n) is 9.51. The number of aliphatic hydroxyl groups is 1. The Kier molecular flexibility index (Phi) is 4.53. The van der Waals surface area contributed by atoms with Gasteiger partial charge in [-0.25, -0.2) is 0 Å². The van der Waals surface area contributed by atoms with E-state index in [1.807, 2.05) is 24.5 Å². The molecule has 17 heavy (non-hydrogen) atoms. The minimum absolute atomic E-state index is 0.0226. The van der Waals surface area contributed by atoms with E-state index < -0.39 is 0 Å². The fraction of sp³-hybridized carbons (Fsp3) is 0.250. The van der Waals surface area contributed by atoms with Crippen LogP contribution in [0.4, 0.5) is 0 Å². The highest BCUT2D eigenvalue weighted by Crippen LogP contribution is 2.30. The van der Waals surface area contributed by atoms with Crippen LogP contribution in [-0.4, -0.2) is 29.7 Å². The molecule has 0 amide bonds. The number of nitrogens with one attached hydrogen (secondary N) is 1. The fourth-order valence-electron chi connectivity index (χ4n) is 1.45. The molecule has 0 fully saturated rings. The first kappa shape index (κ1) is 12.5. The van der Waals surface area contributed by atoms with E-state index in [0.29, 0.717) is 6.54 Å². The molecule has 1 aromatic carbocycles. The molecule has 0 saturated carbocycles. The molecule has 0 atom stereocenters. The number of amidine groups is 1. The van der Waals surface area contributed by atoms with E-state index in [-0.39, 0.29) is 6.61 Å². The Morgan fingerprint density at radius 1 is 1.35 bits per heavy atom. The molecule has 1 aliphatic rings. The first-order chi connectivity index (χ1) is 8.33. The lowest BCUT2D eigenvalue weighted by Gasteiger charge is -2.19. The van der Waals surface area contributed by atoms with E-state index in [1.54, 1.807) is 23.5 Å². The second-order valence-electron chi connectivity index (χ2n) is 3.43. The Morgan fingerprint density at radius 2 is 2.12 bits per heavy atom. The molecule has 2 rings (SSSR count). The average Bonchev–Trinajstić information content (AvgIpc) is 2.40. The van der Waals surface area contributed by atoms with Gasteiger partial charge in [0.15, 0.2) is 5.17 Å². The van der Waals surface area contributed by atoms with E-state index >= 15 is 0 Å². The predicted molar refractivity (Wildman–Crippen MR) is 75.4 cm³/mol. The van der Waals surface area contributed by atoms with Crippen molar-refractivity contribution in [2.75, 3.05) is 19.4 Å². The first-order valence-corrected chi connectivity index (χ1v) is 7.29. The van der Waals surface area contributed by atoms with Gasteiger partial charge in [-0.15, -0.1) is 0 Å². The van der Waals surface area contributed by atoms with Crippen LogP contribution in [0.2, 0.25) is 0 Å². The Labute approximate surface area is 109 Å². The normalized spacial score (nSPS) is 15.5. The topological polar surface area (TPSA) is 44.6 Å². The smallest absolute Gasteiger partial charge is 0.160 e. The molecular weight excluding hydrogens is 252 g/mol. The molecule has 0 radical (unpaired) electrons. The van der Waals surface area contributed by atoms with Crippen molar-refractivity contribution in [1.29, 1.82) is 0 Å². The highest BCUT2D eigenvalue weighted by molar-refractivity contribution is 8.13. The largest absolute Gasteiger partial charge is 0.390 e. The van der Waals surface area contributed by atoms with Gasteiger partial charge in [-0.1, -0.05) is 41.7 Å². The standard InChI is InChI=1S/C12H14N2OS2/c1-16-12-13-7-11(10(8-15)14-12)17-9-5-3-2-4-6-9/h2-6,15H,7-8H2,1H3,(H,13,14). The van der Waals surface area contributed by atoms with Gasteiger partial charge in [-0.3, -0.25) is 4.99 Å².